The van der Waals surface area contributed by atoms with Gasteiger partial charge in [0.05, 0.1) is 17.7 Å². The molecule has 1 unspecified atom stereocenters. The van der Waals surface area contributed by atoms with E-state index in [1.54, 1.807) is 0 Å². The van der Waals surface area contributed by atoms with Gasteiger partial charge in [0.15, 0.2) is 17.7 Å². The van der Waals surface area contributed by atoms with Crippen LogP contribution in [0.25, 0.3) is 0 Å². The lowest BCUT2D eigenvalue weighted by atomic mass is 10.1. The fraction of sp³-hybridized carbons (Fsp3) is 0.250. The molecule has 1 aliphatic rings. The average Bonchev–Trinajstić information content (AvgIpc) is 2.60. The summed E-state index contributed by atoms with van der Waals surface area (Å²) in [5.74, 6) is -5.64. The number of hydrogen-bond donors (Lipinski definition) is 1. The molecule has 1 heterocycles. The zero-order chi connectivity index (χ0) is 15.0. The number of methoxy groups -OCH3 is 1. The van der Waals surface area contributed by atoms with Crippen LogP contribution in [-0.2, 0) is 9.53 Å². The first kappa shape index (κ1) is 14.1. The number of hydrogen-bond acceptors (Lipinski definition) is 4. The van der Waals surface area contributed by atoms with Gasteiger partial charge in [-0.2, -0.15) is 0 Å². The number of amides is 2. The fourth-order valence-electron chi connectivity index (χ4n) is 1.87. The smallest absolute Gasteiger partial charge is 0.334 e. The Balaban J connectivity index is 2.35. The first-order valence-corrected chi connectivity index (χ1v) is 5.47. The van der Waals surface area contributed by atoms with E-state index in [1.165, 1.54) is 0 Å². The molecule has 0 aliphatic carbocycles. The summed E-state index contributed by atoms with van der Waals surface area (Å²) in [5.41, 5.74) is -0.594. The van der Waals surface area contributed by atoms with Gasteiger partial charge in [0, 0.05) is 7.11 Å². The number of rotatable bonds is 4. The molecule has 106 valence electrons. The highest BCUT2D eigenvalue weighted by Crippen LogP contribution is 2.25. The maximum Gasteiger partial charge on any atom is 0.334 e. The molecule has 20 heavy (non-hydrogen) atoms. The molecule has 0 spiro atoms. The van der Waals surface area contributed by atoms with Gasteiger partial charge < -0.3 is 9.84 Å². The summed E-state index contributed by atoms with van der Waals surface area (Å²) in [4.78, 5) is 35.2. The number of aliphatic carboxylic acids is 1. The van der Waals surface area contributed by atoms with Crippen LogP contribution in [-0.4, -0.2) is 47.5 Å². The van der Waals surface area contributed by atoms with Crippen LogP contribution in [0.5, 0.6) is 0 Å². The van der Waals surface area contributed by atoms with E-state index in [2.05, 4.69) is 4.74 Å². The summed E-state index contributed by atoms with van der Waals surface area (Å²) in [6.45, 7) is -0.540. The van der Waals surface area contributed by atoms with Gasteiger partial charge in [-0.15, -0.1) is 0 Å². The highest BCUT2D eigenvalue weighted by molar-refractivity contribution is 6.21. The molecule has 6 nitrogen and oxygen atoms in total. The van der Waals surface area contributed by atoms with Crippen molar-refractivity contribution >= 4 is 17.8 Å². The first-order valence-electron chi connectivity index (χ1n) is 5.47. The third kappa shape index (κ3) is 2.14. The number of halogens is 2. The van der Waals surface area contributed by atoms with E-state index in [0.717, 1.165) is 7.11 Å². The van der Waals surface area contributed by atoms with Crippen molar-refractivity contribution in [2.24, 2.45) is 0 Å². The van der Waals surface area contributed by atoms with E-state index in [0.29, 0.717) is 17.0 Å². The van der Waals surface area contributed by atoms with Crippen molar-refractivity contribution in [3.8, 4) is 0 Å². The molecular formula is C12H9F2NO5. The third-order valence-corrected chi connectivity index (χ3v) is 2.92. The van der Waals surface area contributed by atoms with Crippen LogP contribution in [0.2, 0.25) is 0 Å². The van der Waals surface area contributed by atoms with E-state index in [4.69, 9.17) is 5.11 Å². The van der Waals surface area contributed by atoms with Gasteiger partial charge in [0.2, 0.25) is 0 Å². The van der Waals surface area contributed by atoms with E-state index in [1.807, 2.05) is 0 Å². The number of ether oxygens (including phenoxy) is 1. The maximum atomic E-state index is 13.1. The Morgan fingerprint density at radius 1 is 1.25 bits per heavy atom. The Morgan fingerprint density at radius 2 is 1.70 bits per heavy atom. The molecule has 0 fully saturated rings. The monoisotopic (exact) mass is 285 g/mol. The number of imide groups is 1. The zero-order valence-electron chi connectivity index (χ0n) is 10.2. The van der Waals surface area contributed by atoms with Crippen LogP contribution >= 0.6 is 0 Å². The Morgan fingerprint density at radius 3 is 2.05 bits per heavy atom. The molecular weight excluding hydrogens is 276 g/mol. The van der Waals surface area contributed by atoms with E-state index < -0.39 is 42.1 Å². The van der Waals surface area contributed by atoms with Crippen molar-refractivity contribution in [1.82, 2.24) is 4.90 Å². The van der Waals surface area contributed by atoms with Crippen LogP contribution in [0, 0.1) is 11.6 Å². The molecule has 0 radical (unpaired) electrons. The molecule has 0 saturated heterocycles. The number of carbonyl (C=O) groups is 3. The van der Waals surface area contributed by atoms with Crippen molar-refractivity contribution in [2.75, 3.05) is 13.7 Å². The molecule has 1 aliphatic heterocycles. The van der Waals surface area contributed by atoms with Crippen molar-refractivity contribution in [1.29, 1.82) is 0 Å². The predicted molar refractivity (Wildman–Crippen MR) is 60.2 cm³/mol. The predicted octanol–water partition coefficient (Wildman–Crippen LogP) is 0.660. The fourth-order valence-corrected chi connectivity index (χ4v) is 1.87. The molecule has 0 aromatic heterocycles. The molecule has 0 saturated carbocycles. The van der Waals surface area contributed by atoms with Gasteiger partial charge >= 0.3 is 5.97 Å². The number of carboxylic acids is 1. The SMILES string of the molecule is COC(CN1C(=O)c2cc(F)c(F)cc2C1=O)C(=O)O. The summed E-state index contributed by atoms with van der Waals surface area (Å²) in [6, 6.07) is 1.24. The molecule has 2 rings (SSSR count). The minimum absolute atomic E-state index is 0.297. The Kier molecular flexibility index (Phi) is 3.49. The maximum absolute atomic E-state index is 13.1. The number of benzene rings is 1. The summed E-state index contributed by atoms with van der Waals surface area (Å²) >= 11 is 0. The summed E-state index contributed by atoms with van der Waals surface area (Å²) in [5, 5.41) is 8.82. The van der Waals surface area contributed by atoms with Gasteiger partial charge in [0.25, 0.3) is 11.8 Å². The van der Waals surface area contributed by atoms with Gasteiger partial charge in [0.1, 0.15) is 0 Å². The quantitative estimate of drug-likeness (QED) is 0.822. The topological polar surface area (TPSA) is 83.9 Å². The first-order chi connectivity index (χ1) is 9.36. The Labute approximate surface area is 111 Å². The highest BCUT2D eigenvalue weighted by Gasteiger charge is 2.39. The molecule has 1 atom stereocenters. The van der Waals surface area contributed by atoms with Crippen molar-refractivity contribution in [3.05, 3.63) is 34.9 Å². The Hall–Kier alpha value is -2.35. The van der Waals surface area contributed by atoms with Crippen molar-refractivity contribution in [2.45, 2.75) is 6.10 Å². The van der Waals surface area contributed by atoms with Gasteiger partial charge in [-0.05, 0) is 12.1 Å². The van der Waals surface area contributed by atoms with Crippen LogP contribution in [0.3, 0.4) is 0 Å². The second-order valence-corrected chi connectivity index (χ2v) is 4.10. The second-order valence-electron chi connectivity index (χ2n) is 4.10. The normalized spacial score (nSPS) is 15.4. The van der Waals surface area contributed by atoms with E-state index >= 15 is 0 Å². The largest absolute Gasteiger partial charge is 0.479 e. The molecule has 1 aromatic carbocycles. The van der Waals surface area contributed by atoms with Crippen LogP contribution in [0.15, 0.2) is 12.1 Å². The molecule has 0 bridgehead atoms. The van der Waals surface area contributed by atoms with Crippen molar-refractivity contribution in [3.63, 3.8) is 0 Å². The molecule has 2 amide bonds. The lowest BCUT2D eigenvalue weighted by Gasteiger charge is -2.18. The number of nitrogens with zero attached hydrogens (tertiary/aromatic N) is 1. The number of carbonyl (C=O) groups excluding carboxylic acids is 2. The van der Waals surface area contributed by atoms with E-state index in [9.17, 15) is 23.2 Å². The van der Waals surface area contributed by atoms with Crippen LogP contribution in [0.1, 0.15) is 20.7 Å². The lowest BCUT2D eigenvalue weighted by molar-refractivity contribution is -0.148. The lowest BCUT2D eigenvalue weighted by Crippen LogP contribution is -2.41. The highest BCUT2D eigenvalue weighted by atomic mass is 19.2. The molecule has 1 N–H and O–H groups in total. The van der Waals surface area contributed by atoms with E-state index in [-0.39, 0.29) is 11.1 Å². The second kappa shape index (κ2) is 4.97. The minimum Gasteiger partial charge on any atom is -0.479 e. The number of carboxylic acid groups (broad SMARTS) is 1. The summed E-state index contributed by atoms with van der Waals surface area (Å²) in [7, 11) is 1.11. The van der Waals surface area contributed by atoms with Crippen LogP contribution < -0.4 is 0 Å². The van der Waals surface area contributed by atoms with Crippen molar-refractivity contribution < 1.29 is 33.0 Å². The molecule has 1 aromatic rings. The minimum atomic E-state index is -1.41. The van der Waals surface area contributed by atoms with Gasteiger partial charge in [-0.3, -0.25) is 14.5 Å². The van der Waals surface area contributed by atoms with Gasteiger partial charge in [-0.1, -0.05) is 0 Å². The Bertz CT molecular complexity index is 575. The summed E-state index contributed by atoms with van der Waals surface area (Å²) < 4.78 is 30.8. The van der Waals surface area contributed by atoms with Gasteiger partial charge in [-0.25, -0.2) is 13.6 Å². The van der Waals surface area contributed by atoms with Crippen LogP contribution in [0.4, 0.5) is 8.78 Å². The number of fused-ring (bicyclic) bond motifs is 1. The standard InChI is InChI=1S/C12H9F2NO5/c1-20-9(12(18)19)4-15-10(16)5-2-7(13)8(14)3-6(5)11(15)17/h2-3,9H,4H2,1H3,(H,18,19). The summed E-state index contributed by atoms with van der Waals surface area (Å²) in [6.07, 6.45) is -1.41. The average molecular weight is 285 g/mol. The zero-order valence-corrected chi connectivity index (χ0v) is 10.2. The molecule has 8 heteroatoms. The third-order valence-electron chi connectivity index (χ3n) is 2.92.